The Balaban J connectivity index is 1.48. The second-order valence-electron chi connectivity index (χ2n) is 8.14. The van der Waals surface area contributed by atoms with E-state index in [0.717, 1.165) is 33.2 Å². The summed E-state index contributed by atoms with van der Waals surface area (Å²) < 4.78 is 35.3. The van der Waals surface area contributed by atoms with Crippen LogP contribution in [0.15, 0.2) is 71.8 Å². The van der Waals surface area contributed by atoms with Crippen molar-refractivity contribution < 1.29 is 18.3 Å². The molecule has 1 aliphatic heterocycles. The van der Waals surface area contributed by atoms with E-state index in [-0.39, 0.29) is 11.5 Å². The van der Waals surface area contributed by atoms with Crippen LogP contribution in [0.2, 0.25) is 5.02 Å². The summed E-state index contributed by atoms with van der Waals surface area (Å²) >= 11 is 6.15. The van der Waals surface area contributed by atoms with Crippen LogP contribution in [0.3, 0.4) is 0 Å². The number of sulfonamides is 1. The van der Waals surface area contributed by atoms with Crippen molar-refractivity contribution in [2.45, 2.75) is 23.8 Å². The maximum absolute atomic E-state index is 13.5. The molecule has 0 aliphatic carbocycles. The third-order valence-electron chi connectivity index (χ3n) is 5.88. The van der Waals surface area contributed by atoms with Gasteiger partial charge in [-0.3, -0.25) is 0 Å². The molecule has 0 fully saturated rings. The Bertz CT molecular complexity index is 1430. The first-order valence-corrected chi connectivity index (χ1v) is 12.5. The molecule has 4 aromatic rings. The molecule has 1 aliphatic rings. The number of nitrogens with one attached hydrogen (secondary N) is 2. The smallest absolute Gasteiger partial charge is 0.244 e. The van der Waals surface area contributed by atoms with Crippen LogP contribution in [0.5, 0.6) is 5.75 Å². The van der Waals surface area contributed by atoms with Crippen molar-refractivity contribution in [1.29, 1.82) is 0 Å². The SMILES string of the molecule is O=S(=O)(N[C@@H](CO)Cc1c[nH]c2ccccc12)c1cc(-c2cccc(Cl)c2)cc2c1OCC2. The Labute approximate surface area is 197 Å². The third-order valence-corrected chi connectivity index (χ3v) is 7.64. The molecule has 0 saturated carbocycles. The van der Waals surface area contributed by atoms with Gasteiger partial charge in [0.2, 0.25) is 10.0 Å². The van der Waals surface area contributed by atoms with E-state index in [1.807, 2.05) is 48.7 Å². The number of halogens is 1. The van der Waals surface area contributed by atoms with Crippen molar-refractivity contribution in [2.24, 2.45) is 0 Å². The van der Waals surface area contributed by atoms with Crippen LogP contribution in [0.25, 0.3) is 22.0 Å². The number of aromatic nitrogens is 1. The molecule has 2 heterocycles. The lowest BCUT2D eigenvalue weighted by Crippen LogP contribution is -2.39. The lowest BCUT2D eigenvalue weighted by atomic mass is 10.0. The van der Waals surface area contributed by atoms with Crippen molar-refractivity contribution in [3.8, 4) is 16.9 Å². The maximum atomic E-state index is 13.5. The number of hydrogen-bond acceptors (Lipinski definition) is 4. The number of hydrogen-bond donors (Lipinski definition) is 3. The van der Waals surface area contributed by atoms with Crippen LogP contribution >= 0.6 is 11.6 Å². The van der Waals surface area contributed by atoms with Gasteiger partial charge in [-0.2, -0.15) is 0 Å². The molecule has 0 amide bonds. The Morgan fingerprint density at radius 2 is 1.94 bits per heavy atom. The summed E-state index contributed by atoms with van der Waals surface area (Å²) in [6.07, 6.45) is 2.82. The van der Waals surface area contributed by atoms with Gasteiger partial charge >= 0.3 is 0 Å². The molecule has 33 heavy (non-hydrogen) atoms. The van der Waals surface area contributed by atoms with Crippen LogP contribution in [-0.4, -0.2) is 37.8 Å². The van der Waals surface area contributed by atoms with Gasteiger partial charge in [-0.15, -0.1) is 0 Å². The first-order valence-electron chi connectivity index (χ1n) is 10.7. The van der Waals surface area contributed by atoms with Crippen LogP contribution in [0.1, 0.15) is 11.1 Å². The third kappa shape index (κ3) is 4.37. The van der Waals surface area contributed by atoms with Crippen LogP contribution < -0.4 is 9.46 Å². The average molecular weight is 483 g/mol. The van der Waals surface area contributed by atoms with Crippen molar-refractivity contribution in [2.75, 3.05) is 13.2 Å². The van der Waals surface area contributed by atoms with Crippen molar-refractivity contribution in [3.05, 3.63) is 83.0 Å². The summed E-state index contributed by atoms with van der Waals surface area (Å²) in [6, 6.07) is 18.0. The standard InChI is InChI=1S/C25H23ClN2O4S/c26-20-5-3-4-16(11-20)18-10-17-8-9-32-25(17)24(13-18)33(30,31)28-21(15-29)12-19-14-27-23-7-2-1-6-22(19)23/h1-7,10-11,13-14,21,27-29H,8-9,12,15H2/t21-/m1/s1. The summed E-state index contributed by atoms with van der Waals surface area (Å²) in [4.78, 5) is 3.26. The molecule has 0 spiro atoms. The van der Waals surface area contributed by atoms with E-state index in [9.17, 15) is 13.5 Å². The highest BCUT2D eigenvalue weighted by molar-refractivity contribution is 7.89. The van der Waals surface area contributed by atoms with E-state index >= 15 is 0 Å². The molecule has 8 heteroatoms. The monoisotopic (exact) mass is 482 g/mol. The van der Waals surface area contributed by atoms with Crippen molar-refractivity contribution in [1.82, 2.24) is 9.71 Å². The second kappa shape index (κ2) is 8.83. The van der Waals surface area contributed by atoms with E-state index in [0.29, 0.717) is 30.2 Å². The Morgan fingerprint density at radius 1 is 1.09 bits per heavy atom. The van der Waals surface area contributed by atoms with Gasteiger partial charge in [0, 0.05) is 34.6 Å². The van der Waals surface area contributed by atoms with E-state index in [1.54, 1.807) is 18.2 Å². The molecule has 1 aromatic heterocycles. The molecule has 170 valence electrons. The first-order chi connectivity index (χ1) is 15.9. The zero-order valence-electron chi connectivity index (χ0n) is 17.7. The fraction of sp³-hybridized carbons (Fsp3) is 0.200. The highest BCUT2D eigenvalue weighted by Gasteiger charge is 2.29. The molecular formula is C25H23ClN2O4S. The van der Waals surface area contributed by atoms with E-state index in [4.69, 9.17) is 16.3 Å². The number of ether oxygens (including phenoxy) is 1. The predicted molar refractivity (Wildman–Crippen MR) is 129 cm³/mol. The Hall–Kier alpha value is -2.84. The van der Waals surface area contributed by atoms with Gasteiger partial charge in [-0.25, -0.2) is 13.1 Å². The first kappa shape index (κ1) is 22.0. The number of rotatable bonds is 7. The summed E-state index contributed by atoms with van der Waals surface area (Å²) in [7, 11) is -3.97. The summed E-state index contributed by atoms with van der Waals surface area (Å²) in [5.74, 6) is 0.372. The molecule has 3 N–H and O–H groups in total. The normalized spacial score (nSPS) is 14.2. The van der Waals surface area contributed by atoms with Gasteiger partial charge in [0.1, 0.15) is 10.6 Å². The molecule has 3 aromatic carbocycles. The van der Waals surface area contributed by atoms with Crippen molar-refractivity contribution in [3.63, 3.8) is 0 Å². The molecule has 0 radical (unpaired) electrons. The number of aliphatic hydroxyl groups excluding tert-OH is 1. The van der Waals surface area contributed by atoms with Crippen LogP contribution in [0, 0.1) is 0 Å². The fourth-order valence-corrected chi connectivity index (χ4v) is 5.93. The minimum atomic E-state index is -3.97. The number of aliphatic hydroxyl groups is 1. The fourth-order valence-electron chi connectivity index (χ4n) is 4.30. The van der Waals surface area contributed by atoms with Crippen LogP contribution in [-0.2, 0) is 22.9 Å². The van der Waals surface area contributed by atoms with E-state index in [2.05, 4.69) is 9.71 Å². The number of aromatic amines is 1. The topological polar surface area (TPSA) is 91.4 Å². The maximum Gasteiger partial charge on any atom is 0.244 e. The average Bonchev–Trinajstić information content (AvgIpc) is 3.45. The molecule has 5 rings (SSSR count). The molecule has 0 bridgehead atoms. The molecular weight excluding hydrogens is 460 g/mol. The van der Waals surface area contributed by atoms with Gasteiger partial charge in [0.25, 0.3) is 0 Å². The highest BCUT2D eigenvalue weighted by atomic mass is 35.5. The summed E-state index contributed by atoms with van der Waals surface area (Å²) in [5.41, 5.74) is 4.31. The van der Waals surface area contributed by atoms with E-state index in [1.165, 1.54) is 0 Å². The molecule has 0 unspecified atom stereocenters. The van der Waals surface area contributed by atoms with Crippen LogP contribution in [0.4, 0.5) is 0 Å². The second-order valence-corrected chi connectivity index (χ2v) is 10.3. The van der Waals surface area contributed by atoms with E-state index < -0.39 is 16.1 Å². The summed E-state index contributed by atoms with van der Waals surface area (Å²) in [6.45, 7) is 0.0887. The largest absolute Gasteiger partial charge is 0.492 e. The number of H-pyrrole nitrogens is 1. The quantitative estimate of drug-likeness (QED) is 0.366. The van der Waals surface area contributed by atoms with Gasteiger partial charge in [-0.1, -0.05) is 41.9 Å². The predicted octanol–water partition coefficient (Wildman–Crippen LogP) is 4.31. The van der Waals surface area contributed by atoms with Gasteiger partial charge < -0.3 is 14.8 Å². The molecule has 1 atom stereocenters. The molecule has 0 saturated heterocycles. The molecule has 6 nitrogen and oxygen atoms in total. The minimum absolute atomic E-state index is 0.0739. The zero-order chi connectivity index (χ0) is 23.0. The lowest BCUT2D eigenvalue weighted by Gasteiger charge is -2.18. The Morgan fingerprint density at radius 3 is 2.76 bits per heavy atom. The summed E-state index contributed by atoms with van der Waals surface area (Å²) in [5, 5.41) is 11.6. The highest BCUT2D eigenvalue weighted by Crippen LogP contribution is 2.38. The number of fused-ring (bicyclic) bond motifs is 2. The van der Waals surface area contributed by atoms with Crippen molar-refractivity contribution >= 4 is 32.5 Å². The number of para-hydroxylation sites is 1. The number of benzene rings is 3. The van der Waals surface area contributed by atoms with Gasteiger partial charge in [-0.05, 0) is 59.0 Å². The zero-order valence-corrected chi connectivity index (χ0v) is 19.3. The van der Waals surface area contributed by atoms with Gasteiger partial charge in [0.05, 0.1) is 13.2 Å². The lowest BCUT2D eigenvalue weighted by molar-refractivity contribution is 0.256. The van der Waals surface area contributed by atoms with Gasteiger partial charge in [0.15, 0.2) is 0 Å². The minimum Gasteiger partial charge on any atom is -0.492 e. The Kier molecular flexibility index (Phi) is 5.88.